The Morgan fingerprint density at radius 2 is 1.91 bits per heavy atom. The second-order valence-corrected chi connectivity index (χ2v) is 8.23. The zero-order valence-corrected chi connectivity index (χ0v) is 18.3. The van der Waals surface area contributed by atoms with Gasteiger partial charge in [0, 0.05) is 29.1 Å². The van der Waals surface area contributed by atoms with Crippen LogP contribution < -0.4 is 9.47 Å². The van der Waals surface area contributed by atoms with E-state index in [1.165, 1.54) is 18.2 Å². The Hall–Kier alpha value is -3.58. The van der Waals surface area contributed by atoms with Crippen molar-refractivity contribution in [2.45, 2.75) is 19.1 Å². The molecule has 168 valence electrons. The molecule has 2 aliphatic heterocycles. The molecule has 6 nitrogen and oxygen atoms in total. The van der Waals surface area contributed by atoms with Crippen LogP contribution in [0.4, 0.5) is 4.39 Å². The SMILES string of the molecule is O=C(c1cccc(F)c1)N(Cc1ccccc1Cl)C[C@H]1CC(c2ccc3c(c2)OCO3)=NO1. The lowest BCUT2D eigenvalue weighted by molar-refractivity contribution is 0.0405. The van der Waals surface area contributed by atoms with E-state index < -0.39 is 5.82 Å². The van der Waals surface area contributed by atoms with Gasteiger partial charge in [-0.1, -0.05) is 41.0 Å². The molecule has 1 atom stereocenters. The van der Waals surface area contributed by atoms with Crippen molar-refractivity contribution in [2.24, 2.45) is 5.16 Å². The van der Waals surface area contributed by atoms with Crippen LogP contribution in [-0.2, 0) is 11.4 Å². The summed E-state index contributed by atoms with van der Waals surface area (Å²) < 4.78 is 24.6. The number of carbonyl (C=O) groups excluding carboxylic acids is 1. The van der Waals surface area contributed by atoms with Crippen molar-refractivity contribution >= 4 is 23.2 Å². The molecule has 0 bridgehead atoms. The largest absolute Gasteiger partial charge is 0.454 e. The molecule has 8 heteroatoms. The van der Waals surface area contributed by atoms with E-state index in [1.54, 1.807) is 17.0 Å². The van der Waals surface area contributed by atoms with Gasteiger partial charge < -0.3 is 19.2 Å². The van der Waals surface area contributed by atoms with Crippen molar-refractivity contribution in [2.75, 3.05) is 13.3 Å². The molecular weight excluding hydrogens is 447 g/mol. The van der Waals surface area contributed by atoms with Crippen LogP contribution in [0.2, 0.25) is 5.02 Å². The van der Waals surface area contributed by atoms with Gasteiger partial charge in [-0.2, -0.15) is 0 Å². The first-order valence-corrected chi connectivity index (χ1v) is 10.9. The highest BCUT2D eigenvalue weighted by Crippen LogP contribution is 2.34. The molecule has 0 saturated heterocycles. The number of hydrogen-bond donors (Lipinski definition) is 0. The number of fused-ring (bicyclic) bond motifs is 1. The lowest BCUT2D eigenvalue weighted by atomic mass is 10.0. The molecular formula is C25H20ClFN2O4. The third-order valence-corrected chi connectivity index (χ3v) is 5.91. The highest BCUT2D eigenvalue weighted by atomic mass is 35.5. The number of benzene rings is 3. The van der Waals surface area contributed by atoms with E-state index in [9.17, 15) is 9.18 Å². The Balaban J connectivity index is 1.34. The fourth-order valence-corrected chi connectivity index (χ4v) is 4.07. The lowest BCUT2D eigenvalue weighted by Crippen LogP contribution is -2.37. The zero-order valence-electron chi connectivity index (χ0n) is 17.5. The van der Waals surface area contributed by atoms with Crippen LogP contribution in [-0.4, -0.2) is 36.0 Å². The maximum absolute atomic E-state index is 13.8. The number of halogens is 2. The molecule has 33 heavy (non-hydrogen) atoms. The fraction of sp³-hybridized carbons (Fsp3) is 0.200. The van der Waals surface area contributed by atoms with Gasteiger partial charge in [-0.05, 0) is 48.0 Å². The molecule has 3 aromatic rings. The van der Waals surface area contributed by atoms with E-state index in [-0.39, 0.29) is 37.5 Å². The molecule has 5 rings (SSSR count). The molecule has 0 radical (unpaired) electrons. The van der Waals surface area contributed by atoms with Gasteiger partial charge in [0.2, 0.25) is 6.79 Å². The Bertz CT molecular complexity index is 1230. The number of carbonyl (C=O) groups is 1. The van der Waals surface area contributed by atoms with Crippen LogP contribution in [0.25, 0.3) is 0 Å². The molecule has 0 fully saturated rings. The highest BCUT2D eigenvalue weighted by molar-refractivity contribution is 6.31. The summed E-state index contributed by atoms with van der Waals surface area (Å²) >= 11 is 6.34. The molecule has 2 heterocycles. The maximum atomic E-state index is 13.8. The van der Waals surface area contributed by atoms with Crippen LogP contribution in [0.15, 0.2) is 71.9 Å². The Morgan fingerprint density at radius 1 is 1.06 bits per heavy atom. The van der Waals surface area contributed by atoms with Gasteiger partial charge in [-0.25, -0.2) is 4.39 Å². The van der Waals surface area contributed by atoms with Gasteiger partial charge in [0.25, 0.3) is 5.91 Å². The summed E-state index contributed by atoms with van der Waals surface area (Å²) in [6.45, 7) is 0.718. The molecule has 0 unspecified atom stereocenters. The monoisotopic (exact) mass is 466 g/mol. The van der Waals surface area contributed by atoms with Crippen molar-refractivity contribution in [3.8, 4) is 11.5 Å². The quantitative estimate of drug-likeness (QED) is 0.510. The minimum atomic E-state index is -0.468. The fourth-order valence-electron chi connectivity index (χ4n) is 3.87. The van der Waals surface area contributed by atoms with Crippen molar-refractivity contribution < 1.29 is 23.5 Å². The predicted molar refractivity (Wildman–Crippen MR) is 121 cm³/mol. The average molecular weight is 467 g/mol. The molecule has 0 aromatic heterocycles. The van der Waals surface area contributed by atoms with Crippen molar-refractivity contribution in [1.82, 2.24) is 4.90 Å². The van der Waals surface area contributed by atoms with Crippen molar-refractivity contribution in [3.05, 3.63) is 94.3 Å². The third kappa shape index (κ3) is 4.64. The summed E-state index contributed by atoms with van der Waals surface area (Å²) in [5.74, 6) is 0.584. The predicted octanol–water partition coefficient (Wildman–Crippen LogP) is 5.04. The van der Waals surface area contributed by atoms with Gasteiger partial charge in [-0.3, -0.25) is 4.79 Å². The molecule has 1 amide bonds. The molecule has 0 spiro atoms. The third-order valence-electron chi connectivity index (χ3n) is 5.54. The second-order valence-electron chi connectivity index (χ2n) is 7.82. The van der Waals surface area contributed by atoms with Gasteiger partial charge in [-0.15, -0.1) is 0 Å². The summed E-state index contributed by atoms with van der Waals surface area (Å²) in [7, 11) is 0. The van der Waals surface area contributed by atoms with E-state index in [2.05, 4.69) is 5.16 Å². The molecule has 0 saturated carbocycles. The smallest absolute Gasteiger partial charge is 0.254 e. The number of rotatable bonds is 6. The van der Waals surface area contributed by atoms with Crippen LogP contribution in [0, 0.1) is 5.82 Å². The van der Waals surface area contributed by atoms with Gasteiger partial charge >= 0.3 is 0 Å². The van der Waals surface area contributed by atoms with E-state index in [0.717, 1.165) is 16.8 Å². The highest BCUT2D eigenvalue weighted by Gasteiger charge is 2.29. The van der Waals surface area contributed by atoms with Crippen LogP contribution in [0.1, 0.15) is 27.9 Å². The first-order valence-electron chi connectivity index (χ1n) is 10.5. The topological polar surface area (TPSA) is 60.4 Å². The summed E-state index contributed by atoms with van der Waals surface area (Å²) in [6, 6.07) is 18.6. The summed E-state index contributed by atoms with van der Waals surface area (Å²) in [4.78, 5) is 20.5. The number of oxime groups is 1. The van der Waals surface area contributed by atoms with Crippen molar-refractivity contribution in [1.29, 1.82) is 0 Å². The normalized spacial score (nSPS) is 16.3. The Labute approximate surface area is 195 Å². The summed E-state index contributed by atoms with van der Waals surface area (Å²) in [5, 5.41) is 4.79. The van der Waals surface area contributed by atoms with Gasteiger partial charge in [0.1, 0.15) is 5.82 Å². The second kappa shape index (κ2) is 9.11. The maximum Gasteiger partial charge on any atom is 0.254 e. The minimum absolute atomic E-state index is 0.198. The first-order chi connectivity index (χ1) is 16.1. The molecule has 3 aromatic carbocycles. The summed E-state index contributed by atoms with van der Waals surface area (Å²) in [5.41, 5.74) is 2.68. The number of nitrogens with zero attached hydrogens (tertiary/aromatic N) is 2. The average Bonchev–Trinajstić information content (AvgIpc) is 3.48. The van der Waals surface area contributed by atoms with Gasteiger partial charge in [0.15, 0.2) is 17.6 Å². The molecule has 2 aliphatic rings. The van der Waals surface area contributed by atoms with Crippen LogP contribution in [0.3, 0.4) is 0 Å². The number of amides is 1. The van der Waals surface area contributed by atoms with E-state index in [1.807, 2.05) is 36.4 Å². The number of ether oxygens (including phenoxy) is 2. The van der Waals surface area contributed by atoms with Crippen LogP contribution in [0.5, 0.6) is 11.5 Å². The van der Waals surface area contributed by atoms with E-state index in [4.69, 9.17) is 25.9 Å². The standard InChI is InChI=1S/C25H20ClFN2O4/c26-21-7-2-1-4-18(21)13-29(25(30)17-5-3-6-19(27)10-17)14-20-12-22(28-33-20)16-8-9-23-24(11-16)32-15-31-23/h1-11,20H,12-15H2/t20-/m1/s1. The number of hydrogen-bond acceptors (Lipinski definition) is 5. The van der Waals surface area contributed by atoms with Crippen molar-refractivity contribution in [3.63, 3.8) is 0 Å². The lowest BCUT2D eigenvalue weighted by Gasteiger charge is -2.25. The van der Waals surface area contributed by atoms with E-state index in [0.29, 0.717) is 22.9 Å². The Morgan fingerprint density at radius 3 is 2.76 bits per heavy atom. The van der Waals surface area contributed by atoms with Crippen LogP contribution >= 0.6 is 11.6 Å². The molecule has 0 aliphatic carbocycles. The summed E-state index contributed by atoms with van der Waals surface area (Å²) in [6.07, 6.45) is 0.153. The molecule has 0 N–H and O–H groups in total. The van der Waals surface area contributed by atoms with E-state index >= 15 is 0 Å². The minimum Gasteiger partial charge on any atom is -0.454 e. The Kier molecular flexibility index (Phi) is 5.88. The zero-order chi connectivity index (χ0) is 22.8. The first kappa shape index (κ1) is 21.3. The van der Waals surface area contributed by atoms with Gasteiger partial charge in [0.05, 0.1) is 12.3 Å².